The summed E-state index contributed by atoms with van der Waals surface area (Å²) in [5.74, 6) is 2.05. The first-order valence-electron chi connectivity index (χ1n) is 9.79. The Kier molecular flexibility index (Phi) is 6.77. The summed E-state index contributed by atoms with van der Waals surface area (Å²) >= 11 is 0. The van der Waals surface area contributed by atoms with E-state index in [0.29, 0.717) is 31.7 Å². The molecule has 8 nitrogen and oxygen atoms in total. The third-order valence-electron chi connectivity index (χ3n) is 5.24. The average molecular weight is 419 g/mol. The molecule has 1 N–H and O–H groups in total. The van der Waals surface area contributed by atoms with E-state index in [1.807, 2.05) is 9.80 Å². The van der Waals surface area contributed by atoms with Gasteiger partial charge in [-0.05, 0) is 43.5 Å². The highest BCUT2D eigenvalue weighted by Gasteiger charge is 2.28. The van der Waals surface area contributed by atoms with E-state index >= 15 is 0 Å². The molecule has 29 heavy (non-hydrogen) atoms. The molecule has 0 spiro atoms. The molecule has 2 saturated heterocycles. The number of terminal acetylenes is 1. The first-order chi connectivity index (χ1) is 13.9. The summed E-state index contributed by atoms with van der Waals surface area (Å²) in [5.41, 5.74) is 0.414. The zero-order chi connectivity index (χ0) is 20.9. The number of nitrogens with zero attached hydrogens (tertiary/aromatic N) is 3. The number of piperazine rings is 1. The van der Waals surface area contributed by atoms with Gasteiger partial charge in [-0.1, -0.05) is 5.92 Å². The van der Waals surface area contributed by atoms with E-state index in [1.165, 1.54) is 30.7 Å². The highest BCUT2D eigenvalue weighted by molar-refractivity contribution is 7.89. The van der Waals surface area contributed by atoms with E-state index in [4.69, 9.17) is 6.42 Å². The molecule has 1 aromatic rings. The minimum Gasteiger partial charge on any atom is -0.335 e. The Bertz CT molecular complexity index is 878. The fourth-order valence-electron chi connectivity index (χ4n) is 3.57. The first-order valence-corrected chi connectivity index (χ1v) is 11.3. The Morgan fingerprint density at radius 2 is 1.45 bits per heavy atom. The van der Waals surface area contributed by atoms with Crippen LogP contribution in [0.1, 0.15) is 29.6 Å². The molecule has 0 saturated carbocycles. The van der Waals surface area contributed by atoms with Gasteiger partial charge in [0.15, 0.2) is 0 Å². The van der Waals surface area contributed by atoms with Crippen LogP contribution in [0.25, 0.3) is 0 Å². The van der Waals surface area contributed by atoms with Crippen molar-refractivity contribution in [3.8, 4) is 12.3 Å². The zero-order valence-electron chi connectivity index (χ0n) is 16.3. The van der Waals surface area contributed by atoms with Gasteiger partial charge in [0, 0.05) is 44.8 Å². The van der Waals surface area contributed by atoms with Crippen LogP contribution in [0.4, 0.5) is 4.79 Å². The molecule has 0 unspecified atom stereocenters. The van der Waals surface area contributed by atoms with Gasteiger partial charge in [0.1, 0.15) is 0 Å². The van der Waals surface area contributed by atoms with Crippen LogP contribution in [0.5, 0.6) is 0 Å². The van der Waals surface area contributed by atoms with Crippen molar-refractivity contribution in [1.82, 2.24) is 19.4 Å². The van der Waals surface area contributed by atoms with E-state index in [2.05, 4.69) is 10.6 Å². The van der Waals surface area contributed by atoms with Gasteiger partial charge in [-0.2, -0.15) is 4.72 Å². The molecule has 2 heterocycles. The summed E-state index contributed by atoms with van der Waals surface area (Å²) in [5, 5.41) is 0. The second-order valence-electron chi connectivity index (χ2n) is 7.16. The van der Waals surface area contributed by atoms with Crippen LogP contribution in [-0.4, -0.2) is 80.9 Å². The van der Waals surface area contributed by atoms with Crippen LogP contribution >= 0.6 is 0 Å². The lowest BCUT2D eigenvalue weighted by molar-refractivity contribution is 0.0633. The number of hydrogen-bond acceptors (Lipinski definition) is 4. The standard InChI is InChI=1S/C20H26N4O4S/c1-2-10-21-29(27,28)18-8-6-17(7-9-18)19(25)22-13-15-24(16-14-22)20(26)23-11-4-3-5-12-23/h1,6-9,21H,3-5,10-16H2. The largest absolute Gasteiger partial charge is 0.335 e. The fourth-order valence-corrected chi connectivity index (χ4v) is 4.50. The van der Waals surface area contributed by atoms with Crippen molar-refractivity contribution < 1.29 is 18.0 Å². The Labute approximate surface area is 171 Å². The normalized spacial score (nSPS) is 17.7. The topological polar surface area (TPSA) is 90.0 Å². The van der Waals surface area contributed by atoms with Crippen LogP contribution in [0.2, 0.25) is 0 Å². The fraction of sp³-hybridized carbons (Fsp3) is 0.500. The zero-order valence-corrected chi connectivity index (χ0v) is 17.2. The lowest BCUT2D eigenvalue weighted by Gasteiger charge is -2.38. The van der Waals surface area contributed by atoms with Gasteiger partial charge < -0.3 is 14.7 Å². The highest BCUT2D eigenvalue weighted by atomic mass is 32.2. The summed E-state index contributed by atoms with van der Waals surface area (Å²) in [7, 11) is -3.68. The molecule has 2 aliphatic rings. The predicted octanol–water partition coefficient (Wildman–Crippen LogP) is 0.962. The summed E-state index contributed by atoms with van der Waals surface area (Å²) in [6.07, 6.45) is 8.35. The molecule has 0 atom stereocenters. The van der Waals surface area contributed by atoms with Crippen LogP contribution in [0, 0.1) is 12.3 Å². The van der Waals surface area contributed by atoms with Crippen LogP contribution in [0.3, 0.4) is 0 Å². The molecular weight excluding hydrogens is 392 g/mol. The van der Waals surface area contributed by atoms with Crippen molar-refractivity contribution in [3.05, 3.63) is 29.8 Å². The lowest BCUT2D eigenvalue weighted by Crippen LogP contribution is -2.54. The average Bonchev–Trinajstić information content (AvgIpc) is 2.77. The van der Waals surface area contributed by atoms with Gasteiger partial charge in [0.05, 0.1) is 11.4 Å². The number of sulfonamides is 1. The van der Waals surface area contributed by atoms with Gasteiger partial charge in [0.2, 0.25) is 10.0 Å². The Morgan fingerprint density at radius 1 is 0.897 bits per heavy atom. The van der Waals surface area contributed by atoms with Gasteiger partial charge in [-0.25, -0.2) is 13.2 Å². The molecule has 156 valence electrons. The Hall–Kier alpha value is -2.57. The minimum atomic E-state index is -3.68. The number of benzene rings is 1. The van der Waals surface area contributed by atoms with E-state index in [0.717, 1.165) is 25.9 Å². The third-order valence-corrected chi connectivity index (χ3v) is 6.66. The maximum absolute atomic E-state index is 12.7. The number of likely N-dealkylation sites (tertiary alicyclic amines) is 1. The third kappa shape index (κ3) is 5.08. The van der Waals surface area contributed by atoms with Crippen molar-refractivity contribution in [1.29, 1.82) is 0 Å². The maximum atomic E-state index is 12.7. The molecule has 3 rings (SSSR count). The van der Waals surface area contributed by atoms with Crippen LogP contribution < -0.4 is 4.72 Å². The summed E-state index contributed by atoms with van der Waals surface area (Å²) in [6.45, 7) is 3.45. The van der Waals surface area contributed by atoms with Crippen LogP contribution in [0.15, 0.2) is 29.2 Å². The quantitative estimate of drug-likeness (QED) is 0.738. The molecule has 0 bridgehead atoms. The second kappa shape index (κ2) is 9.29. The number of carbonyl (C=O) groups excluding carboxylic acids is 2. The summed E-state index contributed by atoms with van der Waals surface area (Å²) < 4.78 is 26.4. The van der Waals surface area contributed by atoms with Gasteiger partial charge in [0.25, 0.3) is 5.91 Å². The van der Waals surface area contributed by atoms with Gasteiger partial charge >= 0.3 is 6.03 Å². The molecule has 3 amide bonds. The number of hydrogen-bond donors (Lipinski definition) is 1. The van der Waals surface area contributed by atoms with Crippen LogP contribution in [-0.2, 0) is 10.0 Å². The first kappa shape index (κ1) is 21.1. The highest BCUT2D eigenvalue weighted by Crippen LogP contribution is 2.16. The van der Waals surface area contributed by atoms with Crippen molar-refractivity contribution in [2.24, 2.45) is 0 Å². The molecule has 1 aromatic carbocycles. The molecule has 2 aliphatic heterocycles. The van der Waals surface area contributed by atoms with Gasteiger partial charge in [-0.15, -0.1) is 6.42 Å². The lowest BCUT2D eigenvalue weighted by atomic mass is 10.1. The Balaban J connectivity index is 1.56. The second-order valence-corrected chi connectivity index (χ2v) is 8.93. The molecule has 2 fully saturated rings. The summed E-state index contributed by atoms with van der Waals surface area (Å²) in [4.78, 5) is 30.8. The number of nitrogens with one attached hydrogen (secondary N) is 1. The molecule has 0 radical (unpaired) electrons. The number of carbonyl (C=O) groups is 2. The number of urea groups is 1. The number of piperidine rings is 1. The van der Waals surface area contributed by atoms with Crippen molar-refractivity contribution >= 4 is 22.0 Å². The van der Waals surface area contributed by atoms with Crippen molar-refractivity contribution in [3.63, 3.8) is 0 Å². The monoisotopic (exact) mass is 418 g/mol. The van der Waals surface area contributed by atoms with E-state index in [1.54, 1.807) is 4.90 Å². The van der Waals surface area contributed by atoms with E-state index in [-0.39, 0.29) is 23.4 Å². The predicted molar refractivity (Wildman–Crippen MR) is 109 cm³/mol. The summed E-state index contributed by atoms with van der Waals surface area (Å²) in [6, 6.07) is 5.84. The number of rotatable bonds is 4. The SMILES string of the molecule is C#CCNS(=O)(=O)c1ccc(C(=O)N2CCN(C(=O)N3CCCCC3)CC2)cc1. The molecule has 9 heteroatoms. The van der Waals surface area contributed by atoms with Crippen molar-refractivity contribution in [2.75, 3.05) is 45.8 Å². The van der Waals surface area contributed by atoms with Gasteiger partial charge in [-0.3, -0.25) is 4.79 Å². The van der Waals surface area contributed by atoms with Crippen molar-refractivity contribution in [2.45, 2.75) is 24.2 Å². The minimum absolute atomic E-state index is 0.0567. The molecule has 0 aromatic heterocycles. The van der Waals surface area contributed by atoms with E-state index < -0.39 is 10.0 Å². The smallest absolute Gasteiger partial charge is 0.320 e. The number of amides is 3. The molecular formula is C20H26N4O4S. The van der Waals surface area contributed by atoms with E-state index in [9.17, 15) is 18.0 Å². The molecule has 0 aliphatic carbocycles. The Morgan fingerprint density at radius 3 is 2.03 bits per heavy atom. The maximum Gasteiger partial charge on any atom is 0.320 e.